The van der Waals surface area contributed by atoms with Crippen LogP contribution in [-0.2, 0) is 6.18 Å². The molecule has 7 heteroatoms. The van der Waals surface area contributed by atoms with Crippen LogP contribution in [0.4, 0.5) is 24.9 Å². The standard InChI is InChI=1S/C11H15F3N4/c12-11(13,14)8-7-9(17-10(15)16-8)18-5-3-1-2-4-6-18/h7H,1-6H2,(H2,15,16,17). The first-order valence-corrected chi connectivity index (χ1v) is 5.93. The second-order valence-corrected chi connectivity index (χ2v) is 4.37. The average molecular weight is 260 g/mol. The summed E-state index contributed by atoms with van der Waals surface area (Å²) < 4.78 is 37.9. The lowest BCUT2D eigenvalue weighted by Gasteiger charge is -2.22. The Kier molecular flexibility index (Phi) is 3.58. The Morgan fingerprint density at radius 2 is 1.67 bits per heavy atom. The zero-order chi connectivity index (χ0) is 13.2. The molecule has 18 heavy (non-hydrogen) atoms. The molecule has 0 atom stereocenters. The quantitative estimate of drug-likeness (QED) is 0.842. The normalized spacial score (nSPS) is 17.6. The van der Waals surface area contributed by atoms with Crippen LogP contribution in [0.5, 0.6) is 0 Å². The first-order valence-electron chi connectivity index (χ1n) is 5.93. The first kappa shape index (κ1) is 12.9. The Labute approximate surface area is 103 Å². The number of hydrogen-bond acceptors (Lipinski definition) is 4. The van der Waals surface area contributed by atoms with Gasteiger partial charge in [-0.3, -0.25) is 0 Å². The first-order chi connectivity index (χ1) is 8.47. The highest BCUT2D eigenvalue weighted by Crippen LogP contribution is 2.30. The SMILES string of the molecule is Nc1nc(N2CCCCCC2)cc(C(F)(F)F)n1. The number of halogens is 3. The van der Waals surface area contributed by atoms with Gasteiger partial charge in [0.05, 0.1) is 0 Å². The van der Waals surface area contributed by atoms with Gasteiger partial charge in [-0.05, 0) is 12.8 Å². The Balaban J connectivity index is 2.29. The third kappa shape index (κ3) is 3.02. The van der Waals surface area contributed by atoms with E-state index in [0.29, 0.717) is 13.1 Å². The molecule has 2 N–H and O–H groups in total. The van der Waals surface area contributed by atoms with Crippen molar-refractivity contribution in [1.29, 1.82) is 0 Å². The van der Waals surface area contributed by atoms with Crippen molar-refractivity contribution in [2.24, 2.45) is 0 Å². The molecule has 0 radical (unpaired) electrons. The maximum Gasteiger partial charge on any atom is 0.433 e. The smallest absolute Gasteiger partial charge is 0.368 e. The fraction of sp³-hybridized carbons (Fsp3) is 0.636. The summed E-state index contributed by atoms with van der Waals surface area (Å²) in [5, 5.41) is 0. The minimum Gasteiger partial charge on any atom is -0.368 e. The maximum atomic E-state index is 12.6. The highest BCUT2D eigenvalue weighted by atomic mass is 19.4. The molecule has 1 aromatic heterocycles. The predicted octanol–water partition coefficient (Wildman–Crippen LogP) is 2.46. The van der Waals surface area contributed by atoms with Crippen LogP contribution in [0.15, 0.2) is 6.07 Å². The van der Waals surface area contributed by atoms with Gasteiger partial charge in [-0.2, -0.15) is 18.2 Å². The van der Waals surface area contributed by atoms with E-state index >= 15 is 0 Å². The van der Waals surface area contributed by atoms with E-state index in [1.807, 2.05) is 4.90 Å². The second kappa shape index (κ2) is 4.99. The van der Waals surface area contributed by atoms with Crippen LogP contribution < -0.4 is 10.6 Å². The van der Waals surface area contributed by atoms with E-state index < -0.39 is 11.9 Å². The number of rotatable bonds is 1. The Hall–Kier alpha value is -1.53. The van der Waals surface area contributed by atoms with Crippen molar-refractivity contribution in [3.63, 3.8) is 0 Å². The number of aromatic nitrogens is 2. The zero-order valence-corrected chi connectivity index (χ0v) is 9.87. The van der Waals surface area contributed by atoms with Crippen molar-refractivity contribution in [3.05, 3.63) is 11.8 Å². The minimum atomic E-state index is -4.49. The molecule has 1 aliphatic rings. The summed E-state index contributed by atoms with van der Waals surface area (Å²) in [6.45, 7) is 1.43. The molecule has 100 valence electrons. The highest BCUT2D eigenvalue weighted by Gasteiger charge is 2.34. The van der Waals surface area contributed by atoms with E-state index in [1.165, 1.54) is 0 Å². The summed E-state index contributed by atoms with van der Waals surface area (Å²) in [6, 6.07) is 0.974. The van der Waals surface area contributed by atoms with E-state index in [1.54, 1.807) is 0 Å². The number of nitrogens with zero attached hydrogens (tertiary/aromatic N) is 3. The van der Waals surface area contributed by atoms with Gasteiger partial charge >= 0.3 is 6.18 Å². The Morgan fingerprint density at radius 3 is 2.22 bits per heavy atom. The summed E-state index contributed by atoms with van der Waals surface area (Å²) in [6.07, 6.45) is -0.361. The van der Waals surface area contributed by atoms with E-state index in [0.717, 1.165) is 31.7 Å². The molecular weight excluding hydrogens is 245 g/mol. The molecule has 0 amide bonds. The fourth-order valence-corrected chi connectivity index (χ4v) is 2.06. The van der Waals surface area contributed by atoms with Crippen LogP contribution in [-0.4, -0.2) is 23.1 Å². The van der Waals surface area contributed by atoms with E-state index in [4.69, 9.17) is 5.73 Å². The topological polar surface area (TPSA) is 55.0 Å². The van der Waals surface area contributed by atoms with Crippen LogP contribution in [0.1, 0.15) is 31.4 Å². The molecule has 2 rings (SSSR count). The number of nitrogens with two attached hydrogens (primary N) is 1. The molecule has 1 saturated heterocycles. The lowest BCUT2D eigenvalue weighted by Crippen LogP contribution is -2.26. The molecule has 0 unspecified atom stereocenters. The molecule has 2 heterocycles. The van der Waals surface area contributed by atoms with Gasteiger partial charge in [0.1, 0.15) is 5.82 Å². The van der Waals surface area contributed by atoms with Crippen molar-refractivity contribution in [1.82, 2.24) is 9.97 Å². The third-order valence-electron chi connectivity index (χ3n) is 2.95. The summed E-state index contributed by atoms with van der Waals surface area (Å²) in [5.74, 6) is -0.0548. The molecule has 0 aromatic carbocycles. The maximum absolute atomic E-state index is 12.6. The van der Waals surface area contributed by atoms with Crippen LogP contribution in [0, 0.1) is 0 Å². The van der Waals surface area contributed by atoms with E-state index in [2.05, 4.69) is 9.97 Å². The van der Waals surface area contributed by atoms with Gasteiger partial charge in [-0.15, -0.1) is 0 Å². The summed E-state index contributed by atoms with van der Waals surface area (Å²) >= 11 is 0. The van der Waals surface area contributed by atoms with Crippen molar-refractivity contribution < 1.29 is 13.2 Å². The molecular formula is C11H15F3N4. The average Bonchev–Trinajstić information content (AvgIpc) is 2.55. The van der Waals surface area contributed by atoms with Crippen molar-refractivity contribution in [2.75, 3.05) is 23.7 Å². The molecule has 1 fully saturated rings. The van der Waals surface area contributed by atoms with Gasteiger partial charge in [0.2, 0.25) is 5.95 Å². The van der Waals surface area contributed by atoms with Gasteiger partial charge in [0.15, 0.2) is 5.69 Å². The van der Waals surface area contributed by atoms with Gasteiger partial charge in [0.25, 0.3) is 0 Å². The second-order valence-electron chi connectivity index (χ2n) is 4.37. The molecule has 0 aliphatic carbocycles. The lowest BCUT2D eigenvalue weighted by atomic mass is 10.2. The van der Waals surface area contributed by atoms with Gasteiger partial charge in [-0.1, -0.05) is 12.8 Å². The van der Waals surface area contributed by atoms with Gasteiger partial charge in [0, 0.05) is 19.2 Å². The molecule has 0 bridgehead atoms. The van der Waals surface area contributed by atoms with Crippen molar-refractivity contribution >= 4 is 11.8 Å². The van der Waals surface area contributed by atoms with Crippen molar-refractivity contribution in [2.45, 2.75) is 31.9 Å². The highest BCUT2D eigenvalue weighted by molar-refractivity contribution is 5.44. The van der Waals surface area contributed by atoms with Crippen LogP contribution in [0.3, 0.4) is 0 Å². The van der Waals surface area contributed by atoms with Crippen LogP contribution in [0.25, 0.3) is 0 Å². The number of nitrogen functional groups attached to an aromatic ring is 1. The lowest BCUT2D eigenvalue weighted by molar-refractivity contribution is -0.141. The van der Waals surface area contributed by atoms with Gasteiger partial charge < -0.3 is 10.6 Å². The molecule has 0 spiro atoms. The molecule has 0 saturated carbocycles. The Morgan fingerprint density at radius 1 is 1.06 bits per heavy atom. The minimum absolute atomic E-state index is 0.275. The third-order valence-corrected chi connectivity index (χ3v) is 2.95. The number of anilines is 2. The summed E-state index contributed by atoms with van der Waals surface area (Å²) in [4.78, 5) is 8.99. The molecule has 4 nitrogen and oxygen atoms in total. The van der Waals surface area contributed by atoms with E-state index in [-0.39, 0.29) is 11.8 Å². The van der Waals surface area contributed by atoms with Gasteiger partial charge in [-0.25, -0.2) is 4.98 Å². The molecule has 1 aliphatic heterocycles. The largest absolute Gasteiger partial charge is 0.433 e. The Bertz CT molecular complexity index is 411. The number of alkyl halides is 3. The predicted molar refractivity (Wildman–Crippen MR) is 62.1 cm³/mol. The summed E-state index contributed by atoms with van der Waals surface area (Å²) in [5.41, 5.74) is 4.38. The van der Waals surface area contributed by atoms with E-state index in [9.17, 15) is 13.2 Å². The number of hydrogen-bond donors (Lipinski definition) is 1. The van der Waals surface area contributed by atoms with Crippen molar-refractivity contribution in [3.8, 4) is 0 Å². The van der Waals surface area contributed by atoms with Crippen LogP contribution >= 0.6 is 0 Å². The monoisotopic (exact) mass is 260 g/mol. The van der Waals surface area contributed by atoms with Crippen LogP contribution in [0.2, 0.25) is 0 Å². The zero-order valence-electron chi connectivity index (χ0n) is 9.87. The molecule has 1 aromatic rings. The summed E-state index contributed by atoms with van der Waals surface area (Å²) in [7, 11) is 0. The fourth-order valence-electron chi connectivity index (χ4n) is 2.06.